The minimum atomic E-state index is -1.66. The Morgan fingerprint density at radius 3 is 1.71 bits per heavy atom. The Balaban J connectivity index is 3.17. The van der Waals surface area contributed by atoms with E-state index < -0.39 is 7.38 Å². The molecule has 14 heavy (non-hydrogen) atoms. The van der Waals surface area contributed by atoms with Crippen molar-refractivity contribution in [3.63, 3.8) is 0 Å². The van der Waals surface area contributed by atoms with E-state index in [-0.39, 0.29) is 0 Å². The molecule has 0 spiro atoms. The van der Waals surface area contributed by atoms with Gasteiger partial charge in [0.05, 0.1) is 0 Å². The minimum absolute atomic E-state index is 1.10. The summed E-state index contributed by atoms with van der Waals surface area (Å²) in [6, 6.07) is 6.84. The van der Waals surface area contributed by atoms with Crippen molar-refractivity contribution in [3.8, 4) is 0 Å². The first kappa shape index (κ1) is 11.8. The lowest BCUT2D eigenvalue weighted by Gasteiger charge is -2.16. The second kappa shape index (κ2) is 4.50. The van der Waals surface area contributed by atoms with Crippen LogP contribution in [0.3, 0.4) is 0 Å². The predicted octanol–water partition coefficient (Wildman–Crippen LogP) is 3.46. The summed E-state index contributed by atoms with van der Waals surface area (Å²) in [7, 11) is -1.66. The van der Waals surface area contributed by atoms with Gasteiger partial charge < -0.3 is 0 Å². The third kappa shape index (κ3) is 2.86. The third-order valence-corrected chi connectivity index (χ3v) is 4.87. The van der Waals surface area contributed by atoms with E-state index in [9.17, 15) is 0 Å². The number of hydrogen-bond donors (Lipinski definition) is 0. The van der Waals surface area contributed by atoms with Crippen molar-refractivity contribution in [1.82, 2.24) is 0 Å². The molecule has 1 aromatic carbocycles. The highest BCUT2D eigenvalue weighted by Gasteiger charge is 2.20. The van der Waals surface area contributed by atoms with Crippen molar-refractivity contribution in [1.29, 1.82) is 0 Å². The molecule has 1 aromatic rings. The van der Waals surface area contributed by atoms with E-state index in [2.05, 4.69) is 45.1 Å². The molecule has 0 aliphatic heterocycles. The number of benzene rings is 1. The molecule has 0 aliphatic rings. The molecule has 0 aromatic heterocycles. The first-order valence-corrected chi connectivity index (χ1v) is 9.30. The zero-order chi connectivity index (χ0) is 10.8. The monoisotopic (exact) mass is 226 g/mol. The second-order valence-electron chi connectivity index (χ2n) is 4.22. The molecule has 0 N–H and O–H groups in total. The van der Waals surface area contributed by atoms with Gasteiger partial charge in [-0.05, 0) is 29.2 Å². The summed E-state index contributed by atoms with van der Waals surface area (Å²) in [6.07, 6.45) is 2.20. The van der Waals surface area contributed by atoms with Crippen molar-refractivity contribution in [3.05, 3.63) is 29.3 Å². The fraction of sp³-hybridized carbons (Fsp3) is 0.500. The van der Waals surface area contributed by atoms with Crippen LogP contribution in [0.25, 0.3) is 0 Å². The van der Waals surface area contributed by atoms with E-state index in [1.54, 1.807) is 0 Å². The molecule has 0 amide bonds. The Labute approximate surface area is 93.0 Å². The van der Waals surface area contributed by atoms with Gasteiger partial charge in [0.1, 0.15) is 0 Å². The average molecular weight is 227 g/mol. The molecule has 78 valence electrons. The summed E-state index contributed by atoms with van der Waals surface area (Å²) in [5.41, 5.74) is 2.83. The van der Waals surface area contributed by atoms with Crippen LogP contribution in [0.1, 0.15) is 25.0 Å². The molecule has 0 aliphatic carbocycles. The Kier molecular flexibility index (Phi) is 3.79. The maximum Gasteiger partial charge on any atom is 0.180 e. The van der Waals surface area contributed by atoms with Crippen molar-refractivity contribution >= 4 is 23.6 Å². The largest absolute Gasteiger partial charge is 0.180 e. The van der Waals surface area contributed by atoms with E-state index >= 15 is 0 Å². The van der Waals surface area contributed by atoms with Crippen molar-refractivity contribution in [2.24, 2.45) is 0 Å². The first-order chi connectivity index (χ1) is 6.47. The SMILES string of the molecule is CCc1cc(CC)cc([Si](C)(C)Cl)c1. The van der Waals surface area contributed by atoms with Crippen molar-refractivity contribution in [2.45, 2.75) is 39.8 Å². The number of aryl methyl sites for hydroxylation is 2. The van der Waals surface area contributed by atoms with Crippen LogP contribution in [-0.2, 0) is 12.8 Å². The van der Waals surface area contributed by atoms with Gasteiger partial charge in [-0.3, -0.25) is 0 Å². The molecule has 0 unspecified atom stereocenters. The van der Waals surface area contributed by atoms with Gasteiger partial charge in [0.25, 0.3) is 0 Å². The summed E-state index contributed by atoms with van der Waals surface area (Å²) in [5.74, 6) is 0. The number of halogens is 1. The van der Waals surface area contributed by atoms with Gasteiger partial charge >= 0.3 is 0 Å². The summed E-state index contributed by atoms with van der Waals surface area (Å²) in [4.78, 5) is 0. The maximum absolute atomic E-state index is 6.46. The summed E-state index contributed by atoms with van der Waals surface area (Å²) >= 11 is 6.46. The second-order valence-corrected chi connectivity index (χ2v) is 10.6. The molecule has 0 saturated heterocycles. The topological polar surface area (TPSA) is 0 Å². The molecular weight excluding hydrogens is 208 g/mol. The van der Waals surface area contributed by atoms with Crippen LogP contribution in [0.2, 0.25) is 13.1 Å². The third-order valence-electron chi connectivity index (χ3n) is 2.56. The fourth-order valence-corrected chi connectivity index (χ4v) is 2.90. The maximum atomic E-state index is 6.46. The van der Waals surface area contributed by atoms with Crippen molar-refractivity contribution < 1.29 is 0 Å². The van der Waals surface area contributed by atoms with E-state index in [4.69, 9.17) is 11.1 Å². The predicted molar refractivity (Wildman–Crippen MR) is 68.2 cm³/mol. The molecule has 1 rings (SSSR count). The molecule has 0 atom stereocenters. The normalized spacial score (nSPS) is 11.8. The standard InChI is InChI=1S/C12H19ClSi/c1-5-10-7-11(6-2)9-12(8-10)14(3,4)13/h7-9H,5-6H2,1-4H3. The van der Waals surface area contributed by atoms with Crippen LogP contribution < -0.4 is 5.19 Å². The average Bonchev–Trinajstić information content (AvgIpc) is 2.15. The summed E-state index contributed by atoms with van der Waals surface area (Å²) < 4.78 is 0. The molecule has 0 fully saturated rings. The van der Waals surface area contributed by atoms with E-state index in [0.29, 0.717) is 0 Å². The van der Waals surface area contributed by atoms with Crippen LogP contribution in [0.5, 0.6) is 0 Å². The lowest BCUT2D eigenvalue weighted by molar-refractivity contribution is 1.09. The minimum Gasteiger partial charge on any atom is -0.162 e. The van der Waals surface area contributed by atoms with E-state index in [1.165, 1.54) is 16.3 Å². The molecule has 2 heteroatoms. The van der Waals surface area contributed by atoms with Crippen LogP contribution >= 0.6 is 11.1 Å². The van der Waals surface area contributed by atoms with Gasteiger partial charge in [0.15, 0.2) is 7.38 Å². The molecular formula is C12H19ClSi. The summed E-state index contributed by atoms with van der Waals surface area (Å²) in [6.45, 7) is 8.76. The lowest BCUT2D eigenvalue weighted by atomic mass is 10.1. The van der Waals surface area contributed by atoms with Gasteiger partial charge in [-0.15, -0.1) is 0 Å². The highest BCUT2D eigenvalue weighted by molar-refractivity contribution is 7.26. The molecule has 0 heterocycles. The Morgan fingerprint density at radius 2 is 1.43 bits per heavy atom. The highest BCUT2D eigenvalue weighted by Crippen LogP contribution is 2.13. The van der Waals surface area contributed by atoms with Crippen molar-refractivity contribution in [2.75, 3.05) is 0 Å². The van der Waals surface area contributed by atoms with Gasteiger partial charge in [0.2, 0.25) is 0 Å². The first-order valence-electron chi connectivity index (χ1n) is 5.29. The van der Waals surface area contributed by atoms with E-state index in [1.807, 2.05) is 0 Å². The van der Waals surface area contributed by atoms with Crippen LogP contribution in [0.4, 0.5) is 0 Å². The molecule has 0 nitrogen and oxygen atoms in total. The number of rotatable bonds is 3. The highest BCUT2D eigenvalue weighted by atomic mass is 35.6. The van der Waals surface area contributed by atoms with Gasteiger partial charge in [-0.25, -0.2) is 0 Å². The number of hydrogen-bond acceptors (Lipinski definition) is 0. The Bertz CT molecular complexity index is 290. The zero-order valence-corrected chi connectivity index (χ0v) is 11.3. The van der Waals surface area contributed by atoms with E-state index in [0.717, 1.165) is 12.8 Å². The van der Waals surface area contributed by atoms with Crippen LogP contribution in [-0.4, -0.2) is 7.38 Å². The fourth-order valence-electron chi connectivity index (χ4n) is 1.51. The molecule has 0 bridgehead atoms. The molecule has 0 saturated carbocycles. The lowest BCUT2D eigenvalue weighted by Crippen LogP contribution is -2.35. The molecule has 0 radical (unpaired) electrons. The quantitative estimate of drug-likeness (QED) is 0.547. The Hall–Kier alpha value is -0.273. The van der Waals surface area contributed by atoms with Crippen LogP contribution in [0.15, 0.2) is 18.2 Å². The zero-order valence-electron chi connectivity index (χ0n) is 9.52. The Morgan fingerprint density at radius 1 is 1.00 bits per heavy atom. The summed E-state index contributed by atoms with van der Waals surface area (Å²) in [5, 5.41) is 1.37. The van der Waals surface area contributed by atoms with Gasteiger partial charge in [-0.2, -0.15) is 11.1 Å². The van der Waals surface area contributed by atoms with Gasteiger partial charge in [-0.1, -0.05) is 45.1 Å². The smallest absolute Gasteiger partial charge is 0.162 e. The van der Waals surface area contributed by atoms with Crippen LogP contribution in [0, 0.1) is 0 Å². The van der Waals surface area contributed by atoms with Gasteiger partial charge in [0, 0.05) is 0 Å².